The van der Waals surface area contributed by atoms with E-state index in [1.54, 1.807) is 30.6 Å². The molecule has 0 radical (unpaired) electrons. The van der Waals surface area contributed by atoms with Crippen LogP contribution in [0.2, 0.25) is 0 Å². The molecule has 0 aliphatic heterocycles. The average molecular weight is 409 g/mol. The number of nitrogens with zero attached hydrogens (tertiary/aromatic N) is 1. The first kappa shape index (κ1) is 19.4. The minimum Gasteiger partial charge on any atom is -0.488 e. The van der Waals surface area contributed by atoms with Crippen LogP contribution in [0.15, 0.2) is 28.1 Å². The molecular weight excluding hydrogens is 388 g/mol. The summed E-state index contributed by atoms with van der Waals surface area (Å²) in [5, 5.41) is 3.26. The van der Waals surface area contributed by atoms with Crippen molar-refractivity contribution in [2.75, 3.05) is 18.6 Å². The van der Waals surface area contributed by atoms with Gasteiger partial charge in [0, 0.05) is 18.2 Å². The van der Waals surface area contributed by atoms with Gasteiger partial charge in [-0.3, -0.25) is 4.79 Å². The predicted molar refractivity (Wildman–Crippen MR) is 104 cm³/mol. The summed E-state index contributed by atoms with van der Waals surface area (Å²) in [7, 11) is -3.14. The van der Waals surface area contributed by atoms with Crippen LogP contribution in [-0.4, -0.2) is 37.9 Å². The first-order valence-corrected chi connectivity index (χ1v) is 11.2. The van der Waals surface area contributed by atoms with E-state index in [1.807, 2.05) is 6.92 Å². The monoisotopic (exact) mass is 408 g/mol. The van der Waals surface area contributed by atoms with Crippen molar-refractivity contribution in [2.24, 2.45) is 0 Å². The maximum absolute atomic E-state index is 12.5. The van der Waals surface area contributed by atoms with Crippen LogP contribution in [0, 0.1) is 13.8 Å². The van der Waals surface area contributed by atoms with Gasteiger partial charge in [-0.15, -0.1) is 11.3 Å². The van der Waals surface area contributed by atoms with Crippen LogP contribution in [0.25, 0.3) is 11.0 Å². The molecule has 0 saturated carbocycles. The van der Waals surface area contributed by atoms with Crippen LogP contribution in [-0.2, 0) is 16.4 Å². The highest BCUT2D eigenvalue weighted by molar-refractivity contribution is 7.90. The van der Waals surface area contributed by atoms with Gasteiger partial charge in [-0.05, 0) is 32.0 Å². The van der Waals surface area contributed by atoms with E-state index in [2.05, 4.69) is 10.3 Å². The zero-order valence-corrected chi connectivity index (χ0v) is 16.9. The number of amides is 1. The quantitative estimate of drug-likeness (QED) is 0.645. The molecule has 0 bridgehead atoms. The summed E-state index contributed by atoms with van der Waals surface area (Å²) in [5.41, 5.74) is 3.67. The number of thiazole rings is 1. The minimum atomic E-state index is -3.14. The van der Waals surface area contributed by atoms with Crippen LogP contribution in [0.1, 0.15) is 26.7 Å². The van der Waals surface area contributed by atoms with E-state index in [0.29, 0.717) is 34.6 Å². The fourth-order valence-electron chi connectivity index (χ4n) is 2.62. The topological polar surface area (TPSA) is 98.5 Å². The highest BCUT2D eigenvalue weighted by Gasteiger charge is 2.19. The Hall–Kier alpha value is -2.39. The number of aromatic nitrogens is 1. The van der Waals surface area contributed by atoms with E-state index >= 15 is 0 Å². The SMILES string of the molecule is Cc1ncsc1COc1ccc2oc(C)c(C(=O)NCCS(C)(=O)=O)c2c1. The fourth-order valence-corrected chi connectivity index (χ4v) is 3.78. The van der Waals surface area contributed by atoms with E-state index in [4.69, 9.17) is 9.15 Å². The summed E-state index contributed by atoms with van der Waals surface area (Å²) < 4.78 is 33.9. The number of furan rings is 1. The van der Waals surface area contributed by atoms with Crippen LogP contribution < -0.4 is 10.1 Å². The Bertz CT molecular complexity index is 1080. The Morgan fingerprint density at radius 1 is 1.33 bits per heavy atom. The molecule has 9 heteroatoms. The Kier molecular flexibility index (Phi) is 5.52. The molecule has 0 saturated heterocycles. The lowest BCUT2D eigenvalue weighted by Crippen LogP contribution is -2.29. The normalized spacial score (nSPS) is 11.7. The van der Waals surface area contributed by atoms with Crippen molar-refractivity contribution in [1.82, 2.24) is 10.3 Å². The van der Waals surface area contributed by atoms with Gasteiger partial charge in [0.2, 0.25) is 0 Å². The van der Waals surface area contributed by atoms with Gasteiger partial charge in [0.25, 0.3) is 5.91 Å². The van der Waals surface area contributed by atoms with Crippen molar-refractivity contribution in [3.63, 3.8) is 0 Å². The van der Waals surface area contributed by atoms with Crippen LogP contribution in [0.5, 0.6) is 5.75 Å². The largest absolute Gasteiger partial charge is 0.488 e. The van der Waals surface area contributed by atoms with E-state index in [1.165, 1.54) is 11.3 Å². The number of carbonyl (C=O) groups is 1. The second-order valence-corrected chi connectivity index (χ2v) is 9.43. The molecule has 2 heterocycles. The summed E-state index contributed by atoms with van der Waals surface area (Å²) in [4.78, 5) is 17.7. The lowest BCUT2D eigenvalue weighted by Gasteiger charge is -2.06. The Morgan fingerprint density at radius 3 is 2.78 bits per heavy atom. The molecule has 3 rings (SSSR count). The van der Waals surface area contributed by atoms with Crippen molar-refractivity contribution >= 4 is 38.1 Å². The second kappa shape index (κ2) is 7.69. The predicted octanol–water partition coefficient (Wildman–Crippen LogP) is 2.86. The first-order valence-electron chi connectivity index (χ1n) is 8.25. The van der Waals surface area contributed by atoms with Crippen molar-refractivity contribution < 1.29 is 22.4 Å². The summed E-state index contributed by atoms with van der Waals surface area (Å²) >= 11 is 1.53. The average Bonchev–Trinajstić information content (AvgIpc) is 3.13. The van der Waals surface area contributed by atoms with E-state index in [9.17, 15) is 13.2 Å². The van der Waals surface area contributed by atoms with E-state index < -0.39 is 9.84 Å². The van der Waals surface area contributed by atoms with Gasteiger partial charge in [-0.1, -0.05) is 0 Å². The van der Waals surface area contributed by atoms with Gasteiger partial charge in [0.05, 0.1) is 27.4 Å². The molecule has 1 aromatic carbocycles. The zero-order chi connectivity index (χ0) is 19.6. The van der Waals surface area contributed by atoms with Crippen molar-refractivity contribution in [3.05, 3.63) is 45.6 Å². The molecule has 0 aliphatic rings. The number of nitrogens with one attached hydrogen (secondary N) is 1. The number of aryl methyl sites for hydroxylation is 2. The number of hydrogen-bond donors (Lipinski definition) is 1. The Labute approximate surface area is 161 Å². The zero-order valence-electron chi connectivity index (χ0n) is 15.2. The first-order chi connectivity index (χ1) is 12.7. The van der Waals surface area contributed by atoms with Crippen LogP contribution in [0.3, 0.4) is 0 Å². The van der Waals surface area contributed by atoms with Crippen LogP contribution in [0.4, 0.5) is 0 Å². The lowest BCUT2D eigenvalue weighted by molar-refractivity contribution is 0.0956. The molecule has 7 nitrogen and oxygen atoms in total. The molecular formula is C18H20N2O5S2. The number of ether oxygens (including phenoxy) is 1. The molecule has 0 aliphatic carbocycles. The summed E-state index contributed by atoms with van der Waals surface area (Å²) in [6.07, 6.45) is 1.13. The van der Waals surface area contributed by atoms with Crippen LogP contribution >= 0.6 is 11.3 Å². The molecule has 27 heavy (non-hydrogen) atoms. The number of fused-ring (bicyclic) bond motifs is 1. The van der Waals surface area contributed by atoms with Crippen molar-refractivity contribution in [2.45, 2.75) is 20.5 Å². The molecule has 0 unspecified atom stereocenters. The highest BCUT2D eigenvalue weighted by atomic mass is 32.2. The maximum atomic E-state index is 12.5. The molecule has 144 valence electrons. The molecule has 1 amide bonds. The summed E-state index contributed by atoms with van der Waals surface area (Å²) in [5.74, 6) is 0.597. The van der Waals surface area contributed by atoms with E-state index in [0.717, 1.165) is 16.8 Å². The summed E-state index contributed by atoms with van der Waals surface area (Å²) in [6.45, 7) is 4.07. The van der Waals surface area contributed by atoms with Gasteiger partial charge >= 0.3 is 0 Å². The second-order valence-electron chi connectivity index (χ2n) is 6.23. The maximum Gasteiger partial charge on any atom is 0.255 e. The van der Waals surface area contributed by atoms with Gasteiger partial charge in [-0.25, -0.2) is 13.4 Å². The van der Waals surface area contributed by atoms with Gasteiger partial charge in [0.15, 0.2) is 0 Å². The molecule has 0 fully saturated rings. The highest BCUT2D eigenvalue weighted by Crippen LogP contribution is 2.29. The molecule has 0 atom stereocenters. The molecule has 2 aromatic heterocycles. The number of sulfone groups is 1. The van der Waals surface area contributed by atoms with Crippen molar-refractivity contribution in [1.29, 1.82) is 0 Å². The number of hydrogen-bond acceptors (Lipinski definition) is 7. The third-order valence-electron chi connectivity index (χ3n) is 4.04. The Morgan fingerprint density at radius 2 is 2.11 bits per heavy atom. The third kappa shape index (κ3) is 4.67. The standard InChI is InChI=1S/C18H20N2O5S2/c1-11-16(26-10-20-11)9-24-13-4-5-15-14(8-13)17(12(2)25-15)18(21)19-6-7-27(3,22)23/h4-5,8,10H,6-7,9H2,1-3H3,(H,19,21). The molecule has 1 N–H and O–H groups in total. The third-order valence-corrected chi connectivity index (χ3v) is 5.89. The molecule has 0 spiro atoms. The van der Waals surface area contributed by atoms with Gasteiger partial charge in [-0.2, -0.15) is 0 Å². The van der Waals surface area contributed by atoms with Crippen molar-refractivity contribution in [3.8, 4) is 5.75 Å². The minimum absolute atomic E-state index is 0.0463. The van der Waals surface area contributed by atoms with Gasteiger partial charge in [0.1, 0.15) is 33.5 Å². The number of rotatable bonds is 7. The van der Waals surface area contributed by atoms with E-state index in [-0.39, 0.29) is 18.2 Å². The fraction of sp³-hybridized carbons (Fsp3) is 0.333. The number of benzene rings is 1. The smallest absolute Gasteiger partial charge is 0.255 e. The summed E-state index contributed by atoms with van der Waals surface area (Å²) in [6, 6.07) is 5.30. The Balaban J connectivity index is 1.79. The van der Waals surface area contributed by atoms with Gasteiger partial charge < -0.3 is 14.5 Å². The number of carbonyl (C=O) groups excluding carboxylic acids is 1. The lowest BCUT2D eigenvalue weighted by atomic mass is 10.1. The molecule has 3 aromatic rings.